The van der Waals surface area contributed by atoms with Gasteiger partial charge in [0.2, 0.25) is 11.8 Å². The van der Waals surface area contributed by atoms with Gasteiger partial charge in [-0.05, 0) is 31.6 Å². The summed E-state index contributed by atoms with van der Waals surface area (Å²) in [5.41, 5.74) is 0.420. The molecule has 0 atom stereocenters. The monoisotopic (exact) mass is 357 g/mol. The zero-order valence-electron chi connectivity index (χ0n) is 14.0. The minimum absolute atomic E-state index is 0. The van der Waals surface area contributed by atoms with Gasteiger partial charge in [0, 0.05) is 32.6 Å². The summed E-state index contributed by atoms with van der Waals surface area (Å²) in [6, 6.07) is 6.34. The molecule has 0 unspecified atom stereocenters. The molecule has 24 heavy (non-hydrogen) atoms. The van der Waals surface area contributed by atoms with Gasteiger partial charge < -0.3 is 15.1 Å². The molecular formula is C17H25ClFN3O2. The lowest BCUT2D eigenvalue weighted by molar-refractivity contribution is -0.139. The highest BCUT2D eigenvalue weighted by atomic mass is 35.5. The van der Waals surface area contributed by atoms with Crippen molar-refractivity contribution < 1.29 is 14.0 Å². The van der Waals surface area contributed by atoms with Crippen LogP contribution in [0.1, 0.15) is 18.4 Å². The van der Waals surface area contributed by atoms with E-state index in [4.69, 9.17) is 0 Å². The lowest BCUT2D eigenvalue weighted by Gasteiger charge is -2.35. The second kappa shape index (κ2) is 10.3. The number of piperazine rings is 1. The Morgan fingerprint density at radius 1 is 1.08 bits per heavy atom. The summed E-state index contributed by atoms with van der Waals surface area (Å²) in [6.07, 6.45) is 1.43. The lowest BCUT2D eigenvalue weighted by atomic mass is 10.1. The molecule has 0 bridgehead atoms. The Hall–Kier alpha value is -1.66. The van der Waals surface area contributed by atoms with Crippen molar-refractivity contribution in [3.05, 3.63) is 35.6 Å². The molecule has 1 aromatic carbocycles. The molecule has 1 heterocycles. The number of halogens is 2. The van der Waals surface area contributed by atoms with Crippen LogP contribution >= 0.6 is 12.4 Å². The number of carbonyl (C=O) groups excluding carboxylic acids is 2. The third kappa shape index (κ3) is 5.76. The largest absolute Gasteiger partial charge is 0.339 e. The molecule has 1 saturated heterocycles. The highest BCUT2D eigenvalue weighted by Gasteiger charge is 2.24. The predicted octanol–water partition coefficient (Wildman–Crippen LogP) is 1.46. The Balaban J connectivity index is 0.00000288. The van der Waals surface area contributed by atoms with Crippen molar-refractivity contribution in [2.45, 2.75) is 19.3 Å². The van der Waals surface area contributed by atoms with Crippen LogP contribution in [0.4, 0.5) is 4.39 Å². The van der Waals surface area contributed by atoms with Gasteiger partial charge in [-0.15, -0.1) is 12.4 Å². The third-order valence-electron chi connectivity index (χ3n) is 4.10. The minimum Gasteiger partial charge on any atom is -0.339 e. The van der Waals surface area contributed by atoms with Crippen molar-refractivity contribution in [3.8, 4) is 0 Å². The van der Waals surface area contributed by atoms with Crippen LogP contribution in [0.2, 0.25) is 0 Å². The first-order valence-corrected chi connectivity index (χ1v) is 8.05. The third-order valence-corrected chi connectivity index (χ3v) is 4.10. The minimum atomic E-state index is -0.348. The Bertz CT molecular complexity index is 548. The van der Waals surface area contributed by atoms with Crippen molar-refractivity contribution in [2.75, 3.05) is 39.8 Å². The van der Waals surface area contributed by atoms with Crippen molar-refractivity contribution in [1.82, 2.24) is 15.1 Å². The van der Waals surface area contributed by atoms with Crippen LogP contribution in [0, 0.1) is 5.82 Å². The maximum atomic E-state index is 13.6. The van der Waals surface area contributed by atoms with Crippen molar-refractivity contribution >= 4 is 24.2 Å². The van der Waals surface area contributed by atoms with Crippen molar-refractivity contribution in [2.24, 2.45) is 0 Å². The Morgan fingerprint density at radius 3 is 2.25 bits per heavy atom. The van der Waals surface area contributed by atoms with E-state index in [1.54, 1.807) is 23.1 Å². The van der Waals surface area contributed by atoms with Gasteiger partial charge in [-0.1, -0.05) is 18.2 Å². The summed E-state index contributed by atoms with van der Waals surface area (Å²) in [5, 5.41) is 3.02. The van der Waals surface area contributed by atoms with Crippen molar-refractivity contribution in [3.63, 3.8) is 0 Å². The average molecular weight is 358 g/mol. The van der Waals surface area contributed by atoms with Gasteiger partial charge in [-0.25, -0.2) is 4.39 Å². The standard InChI is InChI=1S/C17H24FN3O2.ClH/c1-19-8-4-7-16(22)20-9-11-21(12-10-20)17(23)13-14-5-2-3-6-15(14)18;/h2-3,5-6,19H,4,7-13H2,1H3;1H. The molecule has 7 heteroatoms. The average Bonchev–Trinajstić information content (AvgIpc) is 2.57. The number of amides is 2. The molecule has 1 aliphatic rings. The van der Waals surface area contributed by atoms with Crippen LogP contribution in [0.25, 0.3) is 0 Å². The van der Waals surface area contributed by atoms with Gasteiger partial charge in [-0.2, -0.15) is 0 Å². The summed E-state index contributed by atoms with van der Waals surface area (Å²) in [5.74, 6) is -0.293. The highest BCUT2D eigenvalue weighted by Crippen LogP contribution is 2.11. The quantitative estimate of drug-likeness (QED) is 0.784. The molecule has 2 rings (SSSR count). The lowest BCUT2D eigenvalue weighted by Crippen LogP contribution is -2.51. The fourth-order valence-corrected chi connectivity index (χ4v) is 2.70. The molecule has 0 aliphatic carbocycles. The second-order valence-electron chi connectivity index (χ2n) is 5.74. The molecule has 1 aliphatic heterocycles. The van der Waals surface area contributed by atoms with E-state index in [0.29, 0.717) is 38.2 Å². The fraction of sp³-hybridized carbons (Fsp3) is 0.529. The summed E-state index contributed by atoms with van der Waals surface area (Å²) in [4.78, 5) is 27.8. The number of hydrogen-bond donors (Lipinski definition) is 1. The van der Waals surface area contributed by atoms with Gasteiger partial charge in [0.15, 0.2) is 0 Å². The van der Waals surface area contributed by atoms with Gasteiger partial charge in [-0.3, -0.25) is 9.59 Å². The Morgan fingerprint density at radius 2 is 1.67 bits per heavy atom. The number of rotatable bonds is 6. The van der Waals surface area contributed by atoms with Crippen LogP contribution in [0.15, 0.2) is 24.3 Å². The topological polar surface area (TPSA) is 52.7 Å². The van der Waals surface area contributed by atoms with E-state index in [2.05, 4.69) is 5.32 Å². The zero-order chi connectivity index (χ0) is 16.7. The van der Waals surface area contributed by atoms with Crippen LogP contribution in [0.3, 0.4) is 0 Å². The predicted molar refractivity (Wildman–Crippen MR) is 93.7 cm³/mol. The van der Waals surface area contributed by atoms with E-state index < -0.39 is 0 Å². The zero-order valence-corrected chi connectivity index (χ0v) is 14.8. The molecule has 1 N–H and O–H groups in total. The van der Waals surface area contributed by atoms with E-state index in [-0.39, 0.29) is 36.5 Å². The molecule has 0 saturated carbocycles. The first kappa shape index (κ1) is 20.4. The number of nitrogens with zero attached hydrogens (tertiary/aromatic N) is 2. The molecule has 0 spiro atoms. The first-order chi connectivity index (χ1) is 11.1. The molecule has 2 amide bonds. The molecular weight excluding hydrogens is 333 g/mol. The van der Waals surface area contributed by atoms with E-state index >= 15 is 0 Å². The molecule has 134 valence electrons. The maximum absolute atomic E-state index is 13.6. The van der Waals surface area contributed by atoms with E-state index in [1.807, 2.05) is 11.9 Å². The Kier molecular flexibility index (Phi) is 8.71. The molecule has 1 fully saturated rings. The van der Waals surface area contributed by atoms with E-state index in [9.17, 15) is 14.0 Å². The summed E-state index contributed by atoms with van der Waals surface area (Å²) >= 11 is 0. The van der Waals surface area contributed by atoms with Gasteiger partial charge >= 0.3 is 0 Å². The summed E-state index contributed by atoms with van der Waals surface area (Å²) in [7, 11) is 1.87. The molecule has 0 aromatic heterocycles. The number of nitrogens with one attached hydrogen (secondary N) is 1. The SMILES string of the molecule is CNCCCC(=O)N1CCN(C(=O)Cc2ccccc2F)CC1.Cl. The highest BCUT2D eigenvalue weighted by molar-refractivity contribution is 5.85. The van der Waals surface area contributed by atoms with E-state index in [0.717, 1.165) is 13.0 Å². The van der Waals surface area contributed by atoms with Crippen LogP contribution in [-0.2, 0) is 16.0 Å². The molecule has 0 radical (unpaired) electrons. The summed E-state index contributed by atoms with van der Waals surface area (Å²) in [6.45, 7) is 2.98. The molecule has 5 nitrogen and oxygen atoms in total. The second-order valence-corrected chi connectivity index (χ2v) is 5.74. The van der Waals surface area contributed by atoms with Crippen LogP contribution < -0.4 is 5.32 Å². The normalized spacial score (nSPS) is 14.2. The fourth-order valence-electron chi connectivity index (χ4n) is 2.70. The number of benzene rings is 1. The van der Waals surface area contributed by atoms with Gasteiger partial charge in [0.1, 0.15) is 5.82 Å². The number of carbonyl (C=O) groups is 2. The van der Waals surface area contributed by atoms with Crippen LogP contribution in [0.5, 0.6) is 0 Å². The maximum Gasteiger partial charge on any atom is 0.227 e. The van der Waals surface area contributed by atoms with Crippen molar-refractivity contribution in [1.29, 1.82) is 0 Å². The number of hydrogen-bond acceptors (Lipinski definition) is 3. The summed E-state index contributed by atoms with van der Waals surface area (Å²) < 4.78 is 13.6. The van der Waals surface area contributed by atoms with Gasteiger partial charge in [0.05, 0.1) is 6.42 Å². The van der Waals surface area contributed by atoms with Crippen LogP contribution in [-0.4, -0.2) is 61.4 Å². The van der Waals surface area contributed by atoms with Gasteiger partial charge in [0.25, 0.3) is 0 Å². The molecule has 1 aromatic rings. The van der Waals surface area contributed by atoms with E-state index in [1.165, 1.54) is 6.07 Å². The smallest absolute Gasteiger partial charge is 0.227 e. The first-order valence-electron chi connectivity index (χ1n) is 8.05. The Labute approximate surface area is 148 Å².